The van der Waals surface area contributed by atoms with Gasteiger partial charge in [0.2, 0.25) is 5.91 Å². The summed E-state index contributed by atoms with van der Waals surface area (Å²) in [6.45, 7) is 4.80. The van der Waals surface area contributed by atoms with Crippen molar-refractivity contribution in [3.63, 3.8) is 0 Å². The Morgan fingerprint density at radius 2 is 2.04 bits per heavy atom. The number of anilines is 1. The normalized spacial score (nSPS) is 12.8. The Morgan fingerprint density at radius 3 is 2.84 bits per heavy atom. The standard InChI is InChI=1S/C21H26N2O2/c1-17(24)22-12-14-23-13-11-19-9-10-20(16-21(19)23)25-15-5-8-18-6-3-2-4-7-18/h2-4,6-7,9-10,16H,5,8,11-15H2,1H3,(H,22,24). The molecule has 2 aromatic carbocycles. The van der Waals surface area contributed by atoms with Gasteiger partial charge in [-0.25, -0.2) is 0 Å². The van der Waals surface area contributed by atoms with E-state index in [9.17, 15) is 4.79 Å². The van der Waals surface area contributed by atoms with Gasteiger partial charge in [-0.2, -0.15) is 0 Å². The first kappa shape index (κ1) is 17.3. The van der Waals surface area contributed by atoms with Crippen LogP contribution in [0.3, 0.4) is 0 Å². The fraction of sp³-hybridized carbons (Fsp3) is 0.381. The molecule has 0 spiro atoms. The van der Waals surface area contributed by atoms with E-state index in [2.05, 4.69) is 52.7 Å². The van der Waals surface area contributed by atoms with Gasteiger partial charge in [-0.15, -0.1) is 0 Å². The number of carbonyl (C=O) groups excluding carboxylic acids is 1. The number of benzene rings is 2. The topological polar surface area (TPSA) is 41.6 Å². The second-order valence-corrected chi connectivity index (χ2v) is 6.45. The molecule has 0 unspecified atom stereocenters. The Bertz CT molecular complexity index is 700. The quantitative estimate of drug-likeness (QED) is 0.752. The molecule has 0 radical (unpaired) electrons. The summed E-state index contributed by atoms with van der Waals surface area (Å²) in [5.41, 5.74) is 3.95. The first-order valence-electron chi connectivity index (χ1n) is 9.01. The van der Waals surface area contributed by atoms with Crippen molar-refractivity contribution in [1.82, 2.24) is 5.32 Å². The highest BCUT2D eigenvalue weighted by Gasteiger charge is 2.19. The average Bonchev–Trinajstić information content (AvgIpc) is 3.02. The maximum Gasteiger partial charge on any atom is 0.216 e. The molecular formula is C21H26N2O2. The third-order valence-corrected chi connectivity index (χ3v) is 4.53. The minimum absolute atomic E-state index is 0.0231. The summed E-state index contributed by atoms with van der Waals surface area (Å²) in [6, 6.07) is 16.9. The molecule has 0 saturated heterocycles. The van der Waals surface area contributed by atoms with E-state index < -0.39 is 0 Å². The number of rotatable bonds is 8. The molecule has 0 aliphatic carbocycles. The lowest BCUT2D eigenvalue weighted by atomic mass is 10.1. The maximum absolute atomic E-state index is 11.0. The van der Waals surface area contributed by atoms with Crippen molar-refractivity contribution in [1.29, 1.82) is 0 Å². The zero-order valence-corrected chi connectivity index (χ0v) is 14.8. The summed E-state index contributed by atoms with van der Waals surface area (Å²) in [4.78, 5) is 13.3. The summed E-state index contributed by atoms with van der Waals surface area (Å²) in [5.74, 6) is 0.952. The van der Waals surface area contributed by atoms with Crippen molar-refractivity contribution in [3.8, 4) is 5.75 Å². The van der Waals surface area contributed by atoms with Crippen molar-refractivity contribution in [2.24, 2.45) is 0 Å². The van der Waals surface area contributed by atoms with E-state index in [1.165, 1.54) is 16.8 Å². The first-order chi connectivity index (χ1) is 12.2. The van der Waals surface area contributed by atoms with Crippen LogP contribution in [0.2, 0.25) is 0 Å². The molecule has 1 heterocycles. The van der Waals surface area contributed by atoms with Crippen LogP contribution in [-0.2, 0) is 17.6 Å². The number of nitrogens with zero attached hydrogens (tertiary/aromatic N) is 1. The molecule has 1 N–H and O–H groups in total. The van der Waals surface area contributed by atoms with Crippen LogP contribution in [0, 0.1) is 0 Å². The molecule has 132 valence electrons. The molecule has 1 amide bonds. The number of amides is 1. The fourth-order valence-corrected chi connectivity index (χ4v) is 3.23. The molecular weight excluding hydrogens is 312 g/mol. The van der Waals surface area contributed by atoms with E-state index in [1.807, 2.05) is 6.07 Å². The largest absolute Gasteiger partial charge is 0.494 e. The average molecular weight is 338 g/mol. The molecule has 0 fully saturated rings. The van der Waals surface area contributed by atoms with Gasteiger partial charge in [0.25, 0.3) is 0 Å². The highest BCUT2D eigenvalue weighted by atomic mass is 16.5. The molecule has 4 nitrogen and oxygen atoms in total. The molecule has 25 heavy (non-hydrogen) atoms. The van der Waals surface area contributed by atoms with Crippen molar-refractivity contribution in [2.45, 2.75) is 26.2 Å². The smallest absolute Gasteiger partial charge is 0.216 e. The predicted molar refractivity (Wildman–Crippen MR) is 101 cm³/mol. The van der Waals surface area contributed by atoms with E-state index in [0.29, 0.717) is 6.54 Å². The van der Waals surface area contributed by atoms with Gasteiger partial charge in [-0.05, 0) is 36.5 Å². The lowest BCUT2D eigenvalue weighted by Gasteiger charge is -2.20. The molecule has 3 rings (SSSR count). The van der Waals surface area contributed by atoms with Crippen LogP contribution in [0.1, 0.15) is 24.5 Å². The van der Waals surface area contributed by atoms with Crippen molar-refractivity contribution in [2.75, 3.05) is 31.1 Å². The predicted octanol–water partition coefficient (Wildman–Crippen LogP) is 3.20. The Balaban J connectivity index is 1.49. The lowest BCUT2D eigenvalue weighted by molar-refractivity contribution is -0.118. The Kier molecular flexibility index (Phi) is 5.94. The Labute approximate surface area is 149 Å². The number of nitrogens with one attached hydrogen (secondary N) is 1. The summed E-state index contributed by atoms with van der Waals surface area (Å²) < 4.78 is 5.95. The lowest BCUT2D eigenvalue weighted by Crippen LogP contribution is -2.32. The zero-order chi connectivity index (χ0) is 17.5. The molecule has 0 aromatic heterocycles. The van der Waals surface area contributed by atoms with Crippen LogP contribution < -0.4 is 15.0 Å². The highest BCUT2D eigenvalue weighted by Crippen LogP contribution is 2.31. The summed E-state index contributed by atoms with van der Waals surface area (Å²) in [6.07, 6.45) is 3.10. The van der Waals surface area contributed by atoms with Crippen molar-refractivity contribution >= 4 is 11.6 Å². The maximum atomic E-state index is 11.0. The van der Waals surface area contributed by atoms with Gasteiger partial charge in [0, 0.05) is 38.3 Å². The summed E-state index contributed by atoms with van der Waals surface area (Å²) >= 11 is 0. The van der Waals surface area contributed by atoms with Gasteiger partial charge >= 0.3 is 0 Å². The Hall–Kier alpha value is -2.49. The van der Waals surface area contributed by atoms with Crippen LogP contribution >= 0.6 is 0 Å². The third kappa shape index (κ3) is 4.99. The first-order valence-corrected chi connectivity index (χ1v) is 9.01. The molecule has 2 aromatic rings. The fourth-order valence-electron chi connectivity index (χ4n) is 3.23. The number of ether oxygens (including phenoxy) is 1. The number of carbonyl (C=O) groups is 1. The second-order valence-electron chi connectivity index (χ2n) is 6.45. The Morgan fingerprint density at radius 1 is 1.20 bits per heavy atom. The van der Waals surface area contributed by atoms with E-state index in [1.54, 1.807) is 6.92 Å². The number of hydrogen-bond acceptors (Lipinski definition) is 3. The number of aryl methyl sites for hydroxylation is 1. The van der Waals surface area contributed by atoms with Crippen molar-refractivity contribution in [3.05, 3.63) is 59.7 Å². The van der Waals surface area contributed by atoms with Gasteiger partial charge in [0.1, 0.15) is 5.75 Å². The molecule has 0 saturated carbocycles. The molecule has 4 heteroatoms. The van der Waals surface area contributed by atoms with Gasteiger partial charge in [0.05, 0.1) is 6.61 Å². The van der Waals surface area contributed by atoms with E-state index in [4.69, 9.17) is 4.74 Å². The van der Waals surface area contributed by atoms with E-state index in [-0.39, 0.29) is 5.91 Å². The van der Waals surface area contributed by atoms with Gasteiger partial charge in [0.15, 0.2) is 0 Å². The number of fused-ring (bicyclic) bond motifs is 1. The van der Waals surface area contributed by atoms with E-state index >= 15 is 0 Å². The molecule has 0 atom stereocenters. The van der Waals surface area contributed by atoms with Gasteiger partial charge < -0.3 is 15.0 Å². The van der Waals surface area contributed by atoms with Crippen LogP contribution in [-0.4, -0.2) is 32.1 Å². The molecule has 0 bridgehead atoms. The minimum Gasteiger partial charge on any atom is -0.494 e. The monoisotopic (exact) mass is 338 g/mol. The SMILES string of the molecule is CC(=O)NCCN1CCc2ccc(OCCCc3ccccc3)cc21. The summed E-state index contributed by atoms with van der Waals surface area (Å²) in [7, 11) is 0. The third-order valence-electron chi connectivity index (χ3n) is 4.53. The molecule has 1 aliphatic heterocycles. The van der Waals surface area contributed by atoms with Crippen LogP contribution in [0.5, 0.6) is 5.75 Å². The van der Waals surface area contributed by atoms with Crippen LogP contribution in [0.15, 0.2) is 48.5 Å². The second kappa shape index (κ2) is 8.56. The zero-order valence-electron chi connectivity index (χ0n) is 14.8. The highest BCUT2D eigenvalue weighted by molar-refractivity contribution is 5.72. The van der Waals surface area contributed by atoms with Gasteiger partial charge in [-0.3, -0.25) is 4.79 Å². The summed E-state index contributed by atoms with van der Waals surface area (Å²) in [5, 5.41) is 2.86. The van der Waals surface area contributed by atoms with Gasteiger partial charge in [-0.1, -0.05) is 36.4 Å². The van der Waals surface area contributed by atoms with Crippen molar-refractivity contribution < 1.29 is 9.53 Å². The van der Waals surface area contributed by atoms with E-state index in [0.717, 1.165) is 44.7 Å². The van der Waals surface area contributed by atoms with Crippen LogP contribution in [0.25, 0.3) is 0 Å². The molecule has 1 aliphatic rings. The number of hydrogen-bond donors (Lipinski definition) is 1. The van der Waals surface area contributed by atoms with Crippen LogP contribution in [0.4, 0.5) is 5.69 Å². The minimum atomic E-state index is 0.0231.